The average Bonchev–Trinajstić information content (AvgIpc) is 2.40. The Balaban J connectivity index is 1.96. The van der Waals surface area contributed by atoms with Crippen LogP contribution in [-0.4, -0.2) is 56.5 Å². The van der Waals surface area contributed by atoms with Gasteiger partial charge in [0.15, 0.2) is 0 Å². The number of nitrogens with zero attached hydrogens (tertiary/aromatic N) is 1. The maximum Gasteiger partial charge on any atom is 0.0594 e. The van der Waals surface area contributed by atoms with Crippen molar-refractivity contribution in [2.45, 2.75) is 37.3 Å². The van der Waals surface area contributed by atoms with Gasteiger partial charge in [0.1, 0.15) is 0 Å². The van der Waals surface area contributed by atoms with Crippen LogP contribution in [0.5, 0.6) is 0 Å². The third-order valence-corrected chi connectivity index (χ3v) is 4.26. The van der Waals surface area contributed by atoms with Gasteiger partial charge in [-0.15, -0.1) is 0 Å². The fraction of sp³-hybridized carbons (Fsp3) is 1.00. The van der Waals surface area contributed by atoms with E-state index in [9.17, 15) is 0 Å². The van der Waals surface area contributed by atoms with Crippen molar-refractivity contribution in [1.29, 1.82) is 0 Å². The van der Waals surface area contributed by atoms with Crippen molar-refractivity contribution in [3.8, 4) is 0 Å². The van der Waals surface area contributed by atoms with Gasteiger partial charge in [-0.05, 0) is 25.7 Å². The van der Waals surface area contributed by atoms with Crippen molar-refractivity contribution in [2.75, 3.05) is 40.0 Å². The summed E-state index contributed by atoms with van der Waals surface area (Å²) in [6, 6.07) is 0. The molecule has 2 N–H and O–H groups in total. The Morgan fingerprint density at radius 1 is 1.31 bits per heavy atom. The zero-order valence-electron chi connectivity index (χ0n) is 10.3. The normalized spacial score (nSPS) is 37.5. The molecule has 16 heavy (non-hydrogen) atoms. The molecule has 94 valence electrons. The highest BCUT2D eigenvalue weighted by Crippen LogP contribution is 2.34. The van der Waals surface area contributed by atoms with Crippen molar-refractivity contribution in [3.05, 3.63) is 0 Å². The summed E-state index contributed by atoms with van der Waals surface area (Å²) in [5.74, 6) is 0. The Hall–Kier alpha value is -0.160. The minimum Gasteiger partial charge on any atom is -0.381 e. The van der Waals surface area contributed by atoms with Crippen LogP contribution in [0.15, 0.2) is 0 Å². The molecule has 1 saturated carbocycles. The van der Waals surface area contributed by atoms with E-state index in [1.807, 2.05) is 7.11 Å². The molecule has 1 heterocycles. The van der Waals surface area contributed by atoms with E-state index in [2.05, 4.69) is 4.90 Å². The second kappa shape index (κ2) is 5.45. The Morgan fingerprint density at radius 2 is 1.94 bits per heavy atom. The number of nitrogens with two attached hydrogens (primary N) is 1. The third kappa shape index (κ3) is 2.40. The molecule has 0 unspecified atom stereocenters. The highest BCUT2D eigenvalue weighted by Gasteiger charge is 2.39. The van der Waals surface area contributed by atoms with Gasteiger partial charge in [-0.25, -0.2) is 0 Å². The first kappa shape index (κ1) is 12.3. The predicted molar refractivity (Wildman–Crippen MR) is 63.4 cm³/mol. The number of morpholine rings is 1. The Bertz CT molecular complexity index is 209. The Labute approximate surface area is 98.1 Å². The van der Waals surface area contributed by atoms with Crippen molar-refractivity contribution in [3.63, 3.8) is 0 Å². The summed E-state index contributed by atoms with van der Waals surface area (Å²) in [5.41, 5.74) is 6.25. The molecule has 4 heteroatoms. The van der Waals surface area contributed by atoms with Gasteiger partial charge >= 0.3 is 0 Å². The predicted octanol–water partition coefficient (Wildman–Crippen LogP) is 0.605. The molecule has 1 aliphatic heterocycles. The van der Waals surface area contributed by atoms with Gasteiger partial charge in [0.2, 0.25) is 0 Å². The minimum absolute atomic E-state index is 0.221. The van der Waals surface area contributed by atoms with Gasteiger partial charge in [-0.1, -0.05) is 0 Å². The van der Waals surface area contributed by atoms with E-state index in [1.165, 1.54) is 12.8 Å². The second-order valence-electron chi connectivity index (χ2n) is 4.96. The lowest BCUT2D eigenvalue weighted by Gasteiger charge is -2.48. The van der Waals surface area contributed by atoms with E-state index in [1.54, 1.807) is 0 Å². The molecule has 0 spiro atoms. The van der Waals surface area contributed by atoms with E-state index in [-0.39, 0.29) is 5.54 Å². The Kier molecular flexibility index (Phi) is 4.19. The summed E-state index contributed by atoms with van der Waals surface area (Å²) < 4.78 is 10.8. The monoisotopic (exact) mass is 228 g/mol. The molecule has 1 saturated heterocycles. The number of hydrogen-bond acceptors (Lipinski definition) is 4. The van der Waals surface area contributed by atoms with Gasteiger partial charge in [0.05, 0.1) is 19.3 Å². The van der Waals surface area contributed by atoms with E-state index in [4.69, 9.17) is 15.2 Å². The van der Waals surface area contributed by atoms with Crippen molar-refractivity contribution >= 4 is 0 Å². The molecule has 0 aromatic heterocycles. The summed E-state index contributed by atoms with van der Waals surface area (Å²) in [6.07, 6.45) is 5.07. The van der Waals surface area contributed by atoms with Crippen LogP contribution in [0.25, 0.3) is 0 Å². The van der Waals surface area contributed by atoms with Gasteiger partial charge in [-0.3, -0.25) is 4.90 Å². The number of hydrogen-bond donors (Lipinski definition) is 1. The average molecular weight is 228 g/mol. The van der Waals surface area contributed by atoms with Crippen LogP contribution in [0.2, 0.25) is 0 Å². The van der Waals surface area contributed by atoms with E-state index in [0.717, 1.165) is 45.7 Å². The molecule has 2 fully saturated rings. The van der Waals surface area contributed by atoms with Crippen molar-refractivity contribution < 1.29 is 9.47 Å². The molecular formula is C12H24N2O2. The van der Waals surface area contributed by atoms with Crippen LogP contribution in [0.3, 0.4) is 0 Å². The molecule has 0 aromatic rings. The Morgan fingerprint density at radius 3 is 2.44 bits per heavy atom. The van der Waals surface area contributed by atoms with Crippen LogP contribution in [0.4, 0.5) is 0 Å². The lowest BCUT2D eigenvalue weighted by Crippen LogP contribution is -2.59. The molecule has 2 rings (SSSR count). The second-order valence-corrected chi connectivity index (χ2v) is 4.96. The van der Waals surface area contributed by atoms with Crippen LogP contribution >= 0.6 is 0 Å². The molecule has 1 aliphatic carbocycles. The van der Waals surface area contributed by atoms with Crippen LogP contribution < -0.4 is 5.73 Å². The maximum atomic E-state index is 6.03. The molecule has 0 radical (unpaired) electrons. The summed E-state index contributed by atoms with van der Waals surface area (Å²) in [5, 5.41) is 0. The number of ether oxygens (including phenoxy) is 2. The molecular weight excluding hydrogens is 204 g/mol. The summed E-state index contributed by atoms with van der Waals surface area (Å²) in [4.78, 5) is 2.54. The SMILES string of the molecule is COC1CCC(CN)(N2CCOCC2)CC1. The number of rotatable bonds is 3. The van der Waals surface area contributed by atoms with Gasteiger partial charge in [0.25, 0.3) is 0 Å². The minimum atomic E-state index is 0.221. The highest BCUT2D eigenvalue weighted by molar-refractivity contribution is 4.96. The molecule has 0 bridgehead atoms. The standard InChI is InChI=1S/C12H24N2O2/c1-15-11-2-4-12(10-13,5-3-11)14-6-8-16-9-7-14/h11H,2-10,13H2,1H3. The smallest absolute Gasteiger partial charge is 0.0594 e. The van der Waals surface area contributed by atoms with Gasteiger partial charge < -0.3 is 15.2 Å². The molecule has 4 nitrogen and oxygen atoms in total. The third-order valence-electron chi connectivity index (χ3n) is 4.26. The molecule has 2 aliphatic rings. The van der Waals surface area contributed by atoms with Crippen LogP contribution in [0.1, 0.15) is 25.7 Å². The summed E-state index contributed by atoms with van der Waals surface area (Å²) >= 11 is 0. The van der Waals surface area contributed by atoms with Crippen molar-refractivity contribution in [1.82, 2.24) is 4.90 Å². The van der Waals surface area contributed by atoms with Gasteiger partial charge in [0, 0.05) is 32.3 Å². The fourth-order valence-electron chi connectivity index (χ4n) is 3.05. The van der Waals surface area contributed by atoms with E-state index in [0.29, 0.717) is 6.10 Å². The first-order valence-electron chi connectivity index (χ1n) is 6.36. The maximum absolute atomic E-state index is 6.03. The van der Waals surface area contributed by atoms with E-state index >= 15 is 0 Å². The zero-order valence-corrected chi connectivity index (χ0v) is 10.3. The van der Waals surface area contributed by atoms with Crippen LogP contribution in [0, 0.1) is 0 Å². The molecule has 0 amide bonds. The molecule has 0 aromatic carbocycles. The number of methoxy groups -OCH3 is 1. The first-order chi connectivity index (χ1) is 7.80. The summed E-state index contributed by atoms with van der Waals surface area (Å²) in [6.45, 7) is 4.55. The quantitative estimate of drug-likeness (QED) is 0.768. The first-order valence-corrected chi connectivity index (χ1v) is 6.36. The van der Waals surface area contributed by atoms with Gasteiger partial charge in [-0.2, -0.15) is 0 Å². The largest absolute Gasteiger partial charge is 0.381 e. The van der Waals surface area contributed by atoms with Crippen molar-refractivity contribution in [2.24, 2.45) is 5.73 Å². The molecule has 0 atom stereocenters. The fourth-order valence-corrected chi connectivity index (χ4v) is 3.05. The van der Waals surface area contributed by atoms with Crippen LogP contribution in [-0.2, 0) is 9.47 Å². The van der Waals surface area contributed by atoms with E-state index < -0.39 is 0 Å². The highest BCUT2D eigenvalue weighted by atomic mass is 16.5. The summed E-state index contributed by atoms with van der Waals surface area (Å²) in [7, 11) is 1.81. The lowest BCUT2D eigenvalue weighted by molar-refractivity contribution is -0.0540. The zero-order chi connectivity index (χ0) is 11.4. The topological polar surface area (TPSA) is 47.7 Å². The lowest BCUT2D eigenvalue weighted by atomic mass is 9.78.